The molecule has 3 aromatic rings. The fourth-order valence-corrected chi connectivity index (χ4v) is 5.03. The van der Waals surface area contributed by atoms with Crippen molar-refractivity contribution in [2.24, 2.45) is 11.8 Å². The number of fused-ring (bicyclic) bond motifs is 1. The average Bonchev–Trinajstić information content (AvgIpc) is 3.38. The van der Waals surface area contributed by atoms with Crippen molar-refractivity contribution in [1.29, 1.82) is 0 Å². The first-order chi connectivity index (χ1) is 26.7. The summed E-state index contributed by atoms with van der Waals surface area (Å²) >= 11 is 0. The Labute approximate surface area is 284 Å². The third-order valence-corrected chi connectivity index (χ3v) is 7.41. The van der Waals surface area contributed by atoms with Gasteiger partial charge in [-0.25, -0.2) is 8.78 Å². The number of halogens is 2. The summed E-state index contributed by atoms with van der Waals surface area (Å²) in [6.07, 6.45) is 0.0780. The van der Waals surface area contributed by atoms with Crippen molar-refractivity contribution in [3.05, 3.63) is 89.5 Å². The lowest BCUT2D eigenvalue weighted by atomic mass is 9.81. The summed E-state index contributed by atoms with van der Waals surface area (Å²) in [5.74, 6) is -6.29. The van der Waals surface area contributed by atoms with Crippen molar-refractivity contribution in [1.82, 2.24) is 9.80 Å². The third kappa shape index (κ3) is 9.38. The Bertz CT molecular complexity index is 2120. The topological polar surface area (TPSA) is 77.5 Å². The maximum Gasteiger partial charge on any atom is 0.264 e. The van der Waals surface area contributed by atoms with Gasteiger partial charge in [0.15, 0.2) is 11.5 Å². The van der Waals surface area contributed by atoms with Crippen LogP contribution in [0.3, 0.4) is 0 Å². The summed E-state index contributed by atoms with van der Waals surface area (Å²) in [5, 5.41) is 0. The normalized spacial score (nSPS) is 34.5. The quantitative estimate of drug-likeness (QED) is 0.294. The highest BCUT2D eigenvalue weighted by atomic mass is 32.2. The van der Waals surface area contributed by atoms with Crippen molar-refractivity contribution in [3.63, 3.8) is 0 Å². The molecule has 45 heavy (non-hydrogen) atoms. The Morgan fingerprint density at radius 2 is 1.33 bits per heavy atom. The van der Waals surface area contributed by atoms with Crippen molar-refractivity contribution in [2.45, 2.75) is 24.7 Å². The van der Waals surface area contributed by atoms with Gasteiger partial charge < -0.3 is 24.0 Å². The average molecular weight is 659 g/mol. The summed E-state index contributed by atoms with van der Waals surface area (Å²) in [6.45, 7) is -17.3. The molecule has 0 spiro atoms. The summed E-state index contributed by atoms with van der Waals surface area (Å²) in [5.41, 5.74) is 0.673. The van der Waals surface area contributed by atoms with E-state index in [1.807, 2.05) is 0 Å². The minimum Gasteiger partial charge on any atom is -0.493 e. The fraction of sp³-hybridized carbons (Fsp3) is 0.471. The molecule has 0 bridgehead atoms. The van der Waals surface area contributed by atoms with Crippen LogP contribution in [-0.4, -0.2) is 84.4 Å². The predicted molar refractivity (Wildman–Crippen MR) is 168 cm³/mol. The van der Waals surface area contributed by atoms with E-state index in [4.69, 9.17) is 33.4 Å². The van der Waals surface area contributed by atoms with Crippen molar-refractivity contribution in [2.75, 3.05) is 66.2 Å². The van der Waals surface area contributed by atoms with E-state index in [0.29, 0.717) is 17.4 Å². The van der Waals surface area contributed by atoms with Crippen molar-refractivity contribution < 1.29 is 54.8 Å². The highest BCUT2D eigenvalue weighted by molar-refractivity contribution is 7.85. The van der Waals surface area contributed by atoms with Gasteiger partial charge in [0.25, 0.3) is 10.1 Å². The van der Waals surface area contributed by atoms with E-state index in [1.54, 1.807) is 0 Å². The van der Waals surface area contributed by atoms with Crippen molar-refractivity contribution in [3.8, 4) is 17.2 Å². The van der Waals surface area contributed by atoms with Gasteiger partial charge in [0, 0.05) is 41.9 Å². The second-order valence-electron chi connectivity index (χ2n) is 10.4. The van der Waals surface area contributed by atoms with Gasteiger partial charge in [-0.15, -0.1) is 0 Å². The summed E-state index contributed by atoms with van der Waals surface area (Å²) in [4.78, 5) is 1.58. The fourth-order valence-electron chi connectivity index (χ4n) is 4.75. The number of rotatable bonds is 8. The molecule has 3 heterocycles. The summed E-state index contributed by atoms with van der Waals surface area (Å²) in [6, 6.07) is 13.9. The van der Waals surface area contributed by atoms with Crippen LogP contribution in [0.1, 0.15) is 55.0 Å². The van der Waals surface area contributed by atoms with Gasteiger partial charge in [-0.3, -0.25) is 4.18 Å². The number of piperidine rings is 2. The van der Waals surface area contributed by atoms with Gasteiger partial charge in [-0.1, -0.05) is 24.3 Å². The first kappa shape index (κ1) is 19.4. The highest BCUT2D eigenvalue weighted by Crippen LogP contribution is 2.37. The van der Waals surface area contributed by atoms with Crippen LogP contribution < -0.4 is 14.2 Å². The van der Waals surface area contributed by atoms with Crippen LogP contribution >= 0.6 is 0 Å². The highest BCUT2D eigenvalue weighted by Gasteiger charge is 2.31. The molecule has 0 N–H and O–H groups in total. The van der Waals surface area contributed by atoms with Crippen LogP contribution in [-0.2, 0) is 14.3 Å². The molecule has 11 heteroatoms. The number of benzene rings is 3. The Hall–Kier alpha value is -3.25. The van der Waals surface area contributed by atoms with Crippen LogP contribution in [0.15, 0.2) is 66.7 Å². The molecule has 0 aromatic heterocycles. The molecule has 3 aliphatic rings. The van der Waals surface area contributed by atoms with Gasteiger partial charge in [0.05, 0.1) is 24.9 Å². The molecule has 0 amide bonds. The van der Waals surface area contributed by atoms with Gasteiger partial charge in [0.1, 0.15) is 20.1 Å². The molecule has 4 atom stereocenters. The largest absolute Gasteiger partial charge is 0.493 e. The third-order valence-electron chi connectivity index (χ3n) is 7.01. The standard InChI is InChI=1S/C20H22FNO3.C14H20FNO3S/c1-22-9-8-18(14-2-4-16(21)5-3-14)15(11-22)12-23-17-6-7-19-20(10-17)25-13-24-19;1-16-8-7-14(11-3-5-13(15)6-4-11)12(9-16)10-19-20(2,17)18/h2-7,10,15,18H,8-9,11-13H2,1H3;3-6,12,14H,7-10H2,1-2H3/t15-,18-;12-,14-/m00/s1/i9D2,11D2,12D2,13D2;8D2,9D2,10D2. The number of ether oxygens (including phenoxy) is 3. The van der Waals surface area contributed by atoms with Gasteiger partial charge in [-0.2, -0.15) is 8.42 Å². The molecule has 3 aromatic carbocycles. The minimum absolute atomic E-state index is 0.00323. The minimum atomic E-state index is -4.25. The van der Waals surface area contributed by atoms with E-state index >= 15 is 0 Å². The van der Waals surface area contributed by atoms with E-state index in [1.165, 1.54) is 49.5 Å². The van der Waals surface area contributed by atoms with Gasteiger partial charge in [-0.05, 0) is 99.3 Å². The van der Waals surface area contributed by atoms with Crippen LogP contribution in [0.5, 0.6) is 17.2 Å². The summed E-state index contributed by atoms with van der Waals surface area (Å²) in [7, 11) is -1.85. The second-order valence-corrected chi connectivity index (χ2v) is 12.0. The molecule has 244 valence electrons. The zero-order chi connectivity index (χ0) is 44.5. The second kappa shape index (κ2) is 14.9. The maximum atomic E-state index is 13.5. The number of hydrogen-bond donors (Lipinski definition) is 0. The Morgan fingerprint density at radius 3 is 1.87 bits per heavy atom. The molecule has 2 fully saturated rings. The van der Waals surface area contributed by atoms with Crippen LogP contribution in [0.4, 0.5) is 8.78 Å². The van der Waals surface area contributed by atoms with Gasteiger partial charge >= 0.3 is 0 Å². The molecule has 0 aliphatic carbocycles. The van der Waals surface area contributed by atoms with E-state index in [2.05, 4.69) is 4.18 Å². The molecule has 0 unspecified atom stereocenters. The smallest absolute Gasteiger partial charge is 0.264 e. The lowest BCUT2D eigenvalue weighted by Crippen LogP contribution is -2.39. The van der Waals surface area contributed by atoms with E-state index in [9.17, 15) is 17.2 Å². The molecule has 3 aliphatic heterocycles. The molecular weight excluding hydrogens is 602 g/mol. The number of likely N-dealkylation sites (tertiary alicyclic amines) is 2. The lowest BCUT2D eigenvalue weighted by molar-refractivity contribution is 0.129. The van der Waals surface area contributed by atoms with Gasteiger partial charge in [0.2, 0.25) is 6.75 Å². The number of hydrogen-bond acceptors (Lipinski definition) is 8. The zero-order valence-corrected chi connectivity index (χ0v) is 25.4. The molecule has 2 saturated heterocycles. The first-order valence-corrected chi connectivity index (χ1v) is 15.6. The Kier molecular flexibility index (Phi) is 6.43. The molecule has 0 radical (unpaired) electrons. The lowest BCUT2D eigenvalue weighted by Gasteiger charge is -2.37. The van der Waals surface area contributed by atoms with E-state index in [0.717, 1.165) is 41.1 Å². The Morgan fingerprint density at radius 1 is 0.822 bits per heavy atom. The van der Waals surface area contributed by atoms with Crippen LogP contribution in [0, 0.1) is 23.5 Å². The van der Waals surface area contributed by atoms with Crippen LogP contribution in [0.25, 0.3) is 0 Å². The molecule has 6 rings (SSSR count). The SMILES string of the molecule is [2H]C([2H])(OS(C)(=O)=O)[C@H]1[C@H](c2ccc(F)cc2)CC([2H])([2H])N(C)C1([2H])[2H].[2H]C1([2H])Oc2ccc(OC([2H])([2H])[C@H]3[C@H](c4ccc(F)cc4)CC([2H])([2H])N(C)C3([2H])[2H])cc2O1. The number of nitrogens with zero attached hydrogens (tertiary/aromatic N) is 2. The molecular formula is C34H42F2N2O6S. The predicted octanol–water partition coefficient (Wildman–Crippen LogP) is 5.51. The molecule has 0 saturated carbocycles. The maximum absolute atomic E-state index is 13.5. The monoisotopic (exact) mass is 658 g/mol. The zero-order valence-electron chi connectivity index (χ0n) is 38.6. The van der Waals surface area contributed by atoms with E-state index < -0.39 is 91.3 Å². The summed E-state index contributed by atoms with van der Waals surface area (Å²) < 4.78 is 185. The van der Waals surface area contributed by atoms with E-state index in [-0.39, 0.29) is 30.1 Å². The molecule has 8 nitrogen and oxygen atoms in total. The first-order valence-electron chi connectivity index (χ1n) is 20.8. The Balaban J connectivity index is 0.000000231. The van der Waals surface area contributed by atoms with Crippen LogP contribution in [0.2, 0.25) is 0 Å². The van der Waals surface area contributed by atoms with Crippen molar-refractivity contribution >= 4 is 10.1 Å².